The molecule has 0 radical (unpaired) electrons. The maximum Gasteiger partial charge on any atom is 0.416 e. The summed E-state index contributed by atoms with van der Waals surface area (Å²) in [5.41, 5.74) is 7.61. The summed E-state index contributed by atoms with van der Waals surface area (Å²) in [4.78, 5) is 26.6. The van der Waals surface area contributed by atoms with Crippen molar-refractivity contribution in [2.24, 2.45) is 11.7 Å². The molecule has 0 aliphatic heterocycles. The molecule has 10 nitrogen and oxygen atoms in total. The number of imide groups is 1. The zero-order valence-corrected chi connectivity index (χ0v) is 24.0. The maximum atomic E-state index is 13.1. The topological polar surface area (TPSA) is 148 Å². The normalized spacial score (nSPS) is 12.9. The Bertz CT molecular complexity index is 1370. The van der Waals surface area contributed by atoms with Crippen molar-refractivity contribution in [2.75, 3.05) is 13.1 Å². The number of hydrogen-bond donors (Lipinski definition) is 3. The van der Waals surface area contributed by atoms with E-state index in [4.69, 9.17) is 15.2 Å². The predicted molar refractivity (Wildman–Crippen MR) is 154 cm³/mol. The van der Waals surface area contributed by atoms with Crippen LogP contribution in [0, 0.1) is 5.92 Å². The quantitative estimate of drug-likeness (QED) is 0.261. The Kier molecular flexibility index (Phi) is 11.8. The molecule has 2 atom stereocenters. The monoisotopic (exact) mass is 583 g/mol. The second-order valence-electron chi connectivity index (χ2n) is 9.95. The van der Waals surface area contributed by atoms with E-state index in [9.17, 15) is 23.1 Å². The van der Waals surface area contributed by atoms with Crippen LogP contribution < -0.4 is 15.2 Å². The number of aliphatic hydroxyl groups is 1. The fraction of sp³-hybridized carbons (Fsp3) is 0.333. The number of nitrogens with two attached hydrogens (primary N) is 1. The molecule has 1 unspecified atom stereocenters. The summed E-state index contributed by atoms with van der Waals surface area (Å²) in [7, 11) is -4.12. The minimum atomic E-state index is -4.12. The molecular formula is C30H37N3O7S. The van der Waals surface area contributed by atoms with Crippen LogP contribution in [0.2, 0.25) is 0 Å². The van der Waals surface area contributed by atoms with Crippen molar-refractivity contribution in [3.8, 4) is 5.75 Å². The molecule has 0 bridgehead atoms. The molecule has 3 aromatic rings. The molecule has 0 heterocycles. The summed E-state index contributed by atoms with van der Waals surface area (Å²) < 4.78 is 39.6. The van der Waals surface area contributed by atoms with Crippen LogP contribution in [0.1, 0.15) is 31.4 Å². The third-order valence-corrected chi connectivity index (χ3v) is 7.48. The third kappa shape index (κ3) is 9.98. The van der Waals surface area contributed by atoms with E-state index in [0.717, 1.165) is 10.5 Å². The van der Waals surface area contributed by atoms with Gasteiger partial charge in [-0.1, -0.05) is 86.6 Å². The molecule has 0 aliphatic carbocycles. The van der Waals surface area contributed by atoms with E-state index < -0.39 is 47.3 Å². The van der Waals surface area contributed by atoms with Gasteiger partial charge in [0.15, 0.2) is 0 Å². The minimum Gasteiger partial charge on any atom is -0.487 e. The van der Waals surface area contributed by atoms with Gasteiger partial charge in [0, 0.05) is 6.54 Å². The van der Waals surface area contributed by atoms with Gasteiger partial charge in [0.1, 0.15) is 23.9 Å². The first-order chi connectivity index (χ1) is 19.6. The predicted octanol–water partition coefficient (Wildman–Crippen LogP) is 3.44. The van der Waals surface area contributed by atoms with Crippen molar-refractivity contribution in [1.82, 2.24) is 9.62 Å². The zero-order valence-electron chi connectivity index (χ0n) is 23.2. The molecule has 2 amide bonds. The van der Waals surface area contributed by atoms with Crippen LogP contribution in [0.5, 0.6) is 5.75 Å². The van der Waals surface area contributed by atoms with Crippen LogP contribution >= 0.6 is 0 Å². The molecule has 0 saturated heterocycles. The summed E-state index contributed by atoms with van der Waals surface area (Å²) >= 11 is 0. The van der Waals surface area contributed by atoms with Crippen LogP contribution in [-0.2, 0) is 32.8 Å². The Morgan fingerprint density at radius 1 is 0.902 bits per heavy atom. The standard InChI is InChI=1S/C30H37N3O7S/c1-22(2)17-26(31)29(35)33(30(36)40-21-24-13-7-4-8-14-24)19-25(34)18-32-41(37,38)28-16-10-9-15-27(28)39-20-23-11-5-3-6-12-23/h3-16,22,25-26,32,34H,17-21,31H2,1-2H3/t25?,26-/m0/s1. The highest BCUT2D eigenvalue weighted by Gasteiger charge is 2.31. The molecule has 4 N–H and O–H groups in total. The largest absolute Gasteiger partial charge is 0.487 e. The Labute approximate surface area is 241 Å². The van der Waals surface area contributed by atoms with Crippen molar-refractivity contribution in [3.05, 3.63) is 96.1 Å². The summed E-state index contributed by atoms with van der Waals surface area (Å²) in [6.45, 7) is 2.84. The lowest BCUT2D eigenvalue weighted by atomic mass is 10.0. The van der Waals surface area contributed by atoms with Crippen LogP contribution in [-0.4, -0.2) is 55.7 Å². The lowest BCUT2D eigenvalue weighted by molar-refractivity contribution is -0.132. The van der Waals surface area contributed by atoms with Crippen molar-refractivity contribution < 1.29 is 32.6 Å². The van der Waals surface area contributed by atoms with Crippen LogP contribution in [0.15, 0.2) is 89.8 Å². The van der Waals surface area contributed by atoms with Crippen molar-refractivity contribution in [1.29, 1.82) is 0 Å². The second kappa shape index (κ2) is 15.3. The minimum absolute atomic E-state index is 0.0806. The van der Waals surface area contributed by atoms with Crippen molar-refractivity contribution >= 4 is 22.0 Å². The smallest absolute Gasteiger partial charge is 0.416 e. The highest BCUT2D eigenvalue weighted by atomic mass is 32.2. The number of nitrogens with one attached hydrogen (secondary N) is 1. The van der Waals surface area contributed by atoms with E-state index in [1.54, 1.807) is 36.4 Å². The molecule has 0 aliphatic rings. The number of para-hydroxylation sites is 1. The number of sulfonamides is 1. The molecule has 220 valence electrons. The van der Waals surface area contributed by atoms with Gasteiger partial charge in [0.25, 0.3) is 0 Å². The van der Waals surface area contributed by atoms with E-state index in [1.807, 2.05) is 50.2 Å². The molecular weight excluding hydrogens is 546 g/mol. The van der Waals surface area contributed by atoms with Gasteiger partial charge in [0.05, 0.1) is 18.7 Å². The lowest BCUT2D eigenvalue weighted by Gasteiger charge is -2.26. The highest BCUT2D eigenvalue weighted by Crippen LogP contribution is 2.24. The molecule has 11 heteroatoms. The molecule has 3 aromatic carbocycles. The van der Waals surface area contributed by atoms with E-state index in [-0.39, 0.29) is 29.8 Å². The van der Waals surface area contributed by atoms with Gasteiger partial charge in [0.2, 0.25) is 15.9 Å². The van der Waals surface area contributed by atoms with Gasteiger partial charge < -0.3 is 20.3 Å². The summed E-state index contributed by atoms with van der Waals surface area (Å²) in [6.07, 6.45) is -2.12. The average molecular weight is 584 g/mol. The number of rotatable bonds is 14. The lowest BCUT2D eigenvalue weighted by Crippen LogP contribution is -2.51. The Morgan fingerprint density at radius 3 is 2.07 bits per heavy atom. The number of nitrogens with zero attached hydrogens (tertiary/aromatic N) is 1. The van der Waals surface area contributed by atoms with Crippen LogP contribution in [0.4, 0.5) is 4.79 Å². The van der Waals surface area contributed by atoms with E-state index in [0.29, 0.717) is 12.0 Å². The first kappa shape index (κ1) is 31.8. The summed E-state index contributed by atoms with van der Waals surface area (Å²) in [5, 5.41) is 10.7. The molecule has 0 fully saturated rings. The molecule has 41 heavy (non-hydrogen) atoms. The summed E-state index contributed by atoms with van der Waals surface area (Å²) in [6, 6.07) is 23.3. The number of aliphatic hydroxyl groups excluding tert-OH is 1. The van der Waals surface area contributed by atoms with Crippen molar-refractivity contribution in [3.63, 3.8) is 0 Å². The Morgan fingerprint density at radius 2 is 1.46 bits per heavy atom. The zero-order chi connectivity index (χ0) is 29.8. The van der Waals surface area contributed by atoms with Gasteiger partial charge in [-0.25, -0.2) is 22.8 Å². The average Bonchev–Trinajstić information content (AvgIpc) is 2.97. The highest BCUT2D eigenvalue weighted by molar-refractivity contribution is 7.89. The van der Waals surface area contributed by atoms with Gasteiger partial charge in [-0.3, -0.25) is 4.79 Å². The van der Waals surface area contributed by atoms with Gasteiger partial charge >= 0.3 is 6.09 Å². The molecule has 0 saturated carbocycles. The van der Waals surface area contributed by atoms with Gasteiger partial charge in [-0.2, -0.15) is 0 Å². The fourth-order valence-corrected chi connectivity index (χ4v) is 5.16. The van der Waals surface area contributed by atoms with E-state index in [2.05, 4.69) is 4.72 Å². The Hall–Kier alpha value is -3.77. The maximum absolute atomic E-state index is 13.1. The van der Waals surface area contributed by atoms with Crippen LogP contribution in [0.25, 0.3) is 0 Å². The molecule has 0 aromatic heterocycles. The number of carbonyl (C=O) groups excluding carboxylic acids is 2. The number of amides is 2. The fourth-order valence-electron chi connectivity index (χ4n) is 3.95. The SMILES string of the molecule is CC(C)C[C@H](N)C(=O)N(CC(O)CNS(=O)(=O)c1ccccc1OCc1ccccc1)C(=O)OCc1ccccc1. The first-order valence-electron chi connectivity index (χ1n) is 13.3. The number of hydrogen-bond acceptors (Lipinski definition) is 8. The molecule has 3 rings (SSSR count). The van der Waals surface area contributed by atoms with Gasteiger partial charge in [-0.15, -0.1) is 0 Å². The van der Waals surface area contributed by atoms with Gasteiger partial charge in [-0.05, 0) is 35.6 Å². The van der Waals surface area contributed by atoms with Crippen LogP contribution in [0.3, 0.4) is 0 Å². The number of benzene rings is 3. The summed E-state index contributed by atoms with van der Waals surface area (Å²) in [5.74, 6) is -0.505. The number of carbonyl (C=O) groups is 2. The van der Waals surface area contributed by atoms with E-state index >= 15 is 0 Å². The molecule has 0 spiro atoms. The number of ether oxygens (including phenoxy) is 2. The second-order valence-corrected chi connectivity index (χ2v) is 11.7. The Balaban J connectivity index is 1.67. The third-order valence-electron chi connectivity index (χ3n) is 6.01. The van der Waals surface area contributed by atoms with E-state index in [1.165, 1.54) is 12.1 Å². The van der Waals surface area contributed by atoms with Crippen molar-refractivity contribution in [2.45, 2.75) is 50.5 Å². The first-order valence-corrected chi connectivity index (χ1v) is 14.8.